The summed E-state index contributed by atoms with van der Waals surface area (Å²) in [4.78, 5) is 37.5. The number of piperazine rings is 1. The van der Waals surface area contributed by atoms with Crippen LogP contribution < -0.4 is 5.32 Å². The van der Waals surface area contributed by atoms with Crippen molar-refractivity contribution in [2.24, 2.45) is 0 Å². The molecule has 1 aliphatic heterocycles. The number of imide groups is 1. The molecule has 0 aromatic carbocycles. The van der Waals surface area contributed by atoms with Crippen molar-refractivity contribution in [2.45, 2.75) is 33.1 Å². The Morgan fingerprint density at radius 2 is 1.89 bits per heavy atom. The normalized spacial score (nSPS) is 16.1. The Kier molecular flexibility index (Phi) is 5.61. The number of unbranched alkanes of at least 4 members (excludes halogenated alkanes) is 2. The Labute approximate surface area is 107 Å². The minimum Gasteiger partial charge on any atom is -0.338 e. The molecule has 0 atom stereocenters. The number of hydrogen-bond donors (Lipinski definition) is 1. The third-order valence-corrected chi connectivity index (χ3v) is 2.99. The van der Waals surface area contributed by atoms with Crippen molar-refractivity contribution in [3.63, 3.8) is 0 Å². The van der Waals surface area contributed by atoms with Gasteiger partial charge >= 0.3 is 17.8 Å². The molecule has 1 fully saturated rings. The van der Waals surface area contributed by atoms with Gasteiger partial charge in [0.15, 0.2) is 0 Å². The van der Waals surface area contributed by atoms with Gasteiger partial charge in [-0.3, -0.25) is 14.5 Å². The summed E-state index contributed by atoms with van der Waals surface area (Å²) >= 11 is 0. The quantitative estimate of drug-likeness (QED) is 0.577. The summed E-state index contributed by atoms with van der Waals surface area (Å²) in [6.07, 6.45) is 3.00. The van der Waals surface area contributed by atoms with Crippen LogP contribution in [-0.2, 0) is 9.59 Å². The van der Waals surface area contributed by atoms with E-state index in [1.165, 1.54) is 4.90 Å². The second kappa shape index (κ2) is 6.98. The van der Waals surface area contributed by atoms with Crippen molar-refractivity contribution in [2.75, 3.05) is 26.2 Å². The van der Waals surface area contributed by atoms with Gasteiger partial charge in [0, 0.05) is 26.2 Å². The number of carbonyl (C=O) groups excluding carboxylic acids is 3. The fourth-order valence-electron chi connectivity index (χ4n) is 1.84. The molecule has 0 spiro atoms. The Morgan fingerprint density at radius 1 is 1.17 bits per heavy atom. The minimum absolute atomic E-state index is 0.276. The zero-order valence-electron chi connectivity index (χ0n) is 11.1. The molecule has 0 aliphatic carbocycles. The van der Waals surface area contributed by atoms with Crippen LogP contribution in [0.5, 0.6) is 0 Å². The van der Waals surface area contributed by atoms with E-state index in [2.05, 4.69) is 12.2 Å². The van der Waals surface area contributed by atoms with E-state index in [9.17, 15) is 14.4 Å². The average molecular weight is 255 g/mol. The van der Waals surface area contributed by atoms with Gasteiger partial charge in [-0.1, -0.05) is 19.8 Å². The van der Waals surface area contributed by atoms with Gasteiger partial charge in [-0.15, -0.1) is 0 Å². The van der Waals surface area contributed by atoms with Crippen LogP contribution >= 0.6 is 0 Å². The third kappa shape index (κ3) is 3.45. The topological polar surface area (TPSA) is 69.7 Å². The fourth-order valence-corrected chi connectivity index (χ4v) is 1.84. The Bertz CT molecular complexity index is 331. The number of amides is 4. The van der Waals surface area contributed by atoms with Crippen molar-refractivity contribution in [1.29, 1.82) is 0 Å². The first-order chi connectivity index (χ1) is 8.61. The van der Waals surface area contributed by atoms with Gasteiger partial charge in [-0.25, -0.2) is 4.79 Å². The molecule has 6 heteroatoms. The van der Waals surface area contributed by atoms with Gasteiger partial charge in [-0.2, -0.15) is 0 Å². The Morgan fingerprint density at radius 3 is 2.50 bits per heavy atom. The highest BCUT2D eigenvalue weighted by Crippen LogP contribution is 2.05. The summed E-state index contributed by atoms with van der Waals surface area (Å²) in [5, 5.41) is 2.67. The van der Waals surface area contributed by atoms with Crippen molar-refractivity contribution >= 4 is 17.8 Å². The maximum absolute atomic E-state index is 11.7. The van der Waals surface area contributed by atoms with Crippen LogP contribution in [0.25, 0.3) is 0 Å². The molecule has 0 aromatic heterocycles. The van der Waals surface area contributed by atoms with Crippen molar-refractivity contribution < 1.29 is 14.4 Å². The minimum atomic E-state index is -0.726. The predicted molar refractivity (Wildman–Crippen MR) is 66.9 cm³/mol. The Hall–Kier alpha value is -1.59. The van der Waals surface area contributed by atoms with Crippen molar-refractivity contribution in [1.82, 2.24) is 15.1 Å². The zero-order chi connectivity index (χ0) is 13.5. The molecule has 0 unspecified atom stereocenters. The molecule has 0 bridgehead atoms. The highest BCUT2D eigenvalue weighted by molar-refractivity contribution is 6.38. The molecule has 1 heterocycles. The van der Waals surface area contributed by atoms with Crippen LogP contribution in [0.3, 0.4) is 0 Å². The van der Waals surface area contributed by atoms with E-state index in [1.54, 1.807) is 0 Å². The van der Waals surface area contributed by atoms with E-state index < -0.39 is 17.8 Å². The van der Waals surface area contributed by atoms with Gasteiger partial charge in [0.2, 0.25) is 0 Å². The van der Waals surface area contributed by atoms with Gasteiger partial charge in [0.05, 0.1) is 0 Å². The zero-order valence-corrected chi connectivity index (χ0v) is 11.1. The number of nitrogens with zero attached hydrogens (tertiary/aromatic N) is 2. The number of likely N-dealkylation sites (N-methyl/N-ethyl adjacent to an activating group) is 1. The molecular weight excluding hydrogens is 234 g/mol. The van der Waals surface area contributed by atoms with E-state index in [1.807, 2.05) is 6.92 Å². The fraction of sp³-hybridized carbons (Fsp3) is 0.750. The maximum atomic E-state index is 11.7. The van der Waals surface area contributed by atoms with E-state index >= 15 is 0 Å². The van der Waals surface area contributed by atoms with E-state index in [4.69, 9.17) is 0 Å². The van der Waals surface area contributed by atoms with Gasteiger partial charge < -0.3 is 10.2 Å². The highest BCUT2D eigenvalue weighted by Gasteiger charge is 2.35. The van der Waals surface area contributed by atoms with Crippen LogP contribution in [0.2, 0.25) is 0 Å². The molecule has 0 aromatic rings. The summed E-state index contributed by atoms with van der Waals surface area (Å²) in [7, 11) is 0. The number of hydrogen-bond acceptors (Lipinski definition) is 3. The standard InChI is InChI=1S/C12H21N3O3/c1-3-5-6-7-13-12(18)15-9-8-14(4-2)10(16)11(15)17/h3-9H2,1-2H3,(H,13,18). The van der Waals surface area contributed by atoms with E-state index in [0.29, 0.717) is 19.6 Å². The smallest absolute Gasteiger partial charge is 0.324 e. The SMILES string of the molecule is CCCCCNC(=O)N1CCN(CC)C(=O)C1=O. The van der Waals surface area contributed by atoms with Gasteiger partial charge in [-0.05, 0) is 13.3 Å². The number of nitrogens with one attached hydrogen (secondary N) is 1. The Balaban J connectivity index is 2.44. The van der Waals surface area contributed by atoms with Crippen molar-refractivity contribution in [3.05, 3.63) is 0 Å². The van der Waals surface area contributed by atoms with E-state index in [0.717, 1.165) is 24.2 Å². The summed E-state index contributed by atoms with van der Waals surface area (Å²) in [6.45, 7) is 5.62. The van der Waals surface area contributed by atoms with Gasteiger partial charge in [0.25, 0.3) is 0 Å². The van der Waals surface area contributed by atoms with E-state index in [-0.39, 0.29) is 6.54 Å². The lowest BCUT2D eigenvalue weighted by Gasteiger charge is -2.31. The predicted octanol–water partition coefficient (Wildman–Crippen LogP) is 0.577. The molecule has 18 heavy (non-hydrogen) atoms. The maximum Gasteiger partial charge on any atom is 0.324 e. The molecule has 102 valence electrons. The average Bonchev–Trinajstić information content (AvgIpc) is 2.37. The molecule has 1 N–H and O–H groups in total. The second-order valence-electron chi connectivity index (χ2n) is 4.28. The van der Waals surface area contributed by atoms with Crippen molar-refractivity contribution in [3.8, 4) is 0 Å². The van der Waals surface area contributed by atoms with Crippen LogP contribution in [0.1, 0.15) is 33.1 Å². The van der Waals surface area contributed by atoms with Gasteiger partial charge in [0.1, 0.15) is 0 Å². The molecule has 1 rings (SSSR count). The molecular formula is C12H21N3O3. The highest BCUT2D eigenvalue weighted by atomic mass is 16.2. The molecule has 1 aliphatic rings. The van der Waals surface area contributed by atoms with Crippen LogP contribution in [0.15, 0.2) is 0 Å². The molecule has 0 saturated carbocycles. The number of rotatable bonds is 5. The summed E-state index contributed by atoms with van der Waals surface area (Å²) in [5.74, 6) is -1.32. The molecule has 0 radical (unpaired) electrons. The second-order valence-corrected chi connectivity index (χ2v) is 4.28. The monoisotopic (exact) mass is 255 g/mol. The molecule has 4 amide bonds. The number of carbonyl (C=O) groups is 3. The first-order valence-electron chi connectivity index (χ1n) is 6.50. The third-order valence-electron chi connectivity index (χ3n) is 2.99. The molecule has 6 nitrogen and oxygen atoms in total. The molecule has 1 saturated heterocycles. The number of urea groups is 1. The summed E-state index contributed by atoms with van der Waals surface area (Å²) in [6, 6.07) is -0.458. The van der Waals surface area contributed by atoms with Crippen LogP contribution in [0, 0.1) is 0 Å². The van der Waals surface area contributed by atoms with Crippen LogP contribution in [-0.4, -0.2) is 53.8 Å². The summed E-state index contributed by atoms with van der Waals surface area (Å²) in [5.41, 5.74) is 0. The lowest BCUT2D eigenvalue weighted by Crippen LogP contribution is -2.58. The van der Waals surface area contributed by atoms with Crippen LogP contribution in [0.4, 0.5) is 4.79 Å². The lowest BCUT2D eigenvalue weighted by atomic mass is 10.2. The summed E-state index contributed by atoms with van der Waals surface area (Å²) < 4.78 is 0. The first kappa shape index (κ1) is 14.5. The largest absolute Gasteiger partial charge is 0.338 e. The first-order valence-corrected chi connectivity index (χ1v) is 6.50. The lowest BCUT2D eigenvalue weighted by molar-refractivity contribution is -0.153.